The fraction of sp³-hybridized carbons (Fsp3) is 0.409. The number of fused-ring (bicyclic) bond motifs is 1. The van der Waals surface area contributed by atoms with Crippen molar-refractivity contribution < 1.29 is 27.1 Å². The zero-order valence-electron chi connectivity index (χ0n) is 18.4. The van der Waals surface area contributed by atoms with E-state index in [1.165, 1.54) is 12.8 Å². The van der Waals surface area contributed by atoms with E-state index in [0.717, 1.165) is 23.8 Å². The third-order valence-electron chi connectivity index (χ3n) is 4.72. The van der Waals surface area contributed by atoms with Crippen LogP contribution in [0.3, 0.4) is 0 Å². The molecule has 34 heavy (non-hydrogen) atoms. The molecule has 12 heteroatoms. The summed E-state index contributed by atoms with van der Waals surface area (Å²) >= 11 is 1.55. The molecule has 1 saturated heterocycles. The molecule has 5 rings (SSSR count). The van der Waals surface area contributed by atoms with E-state index in [1.54, 1.807) is 17.8 Å². The lowest BCUT2D eigenvalue weighted by molar-refractivity contribution is -0.105. The maximum absolute atomic E-state index is 12.9. The number of anilines is 3. The standard InChI is InChI=1S/C15H13F2N5OS.C4H8O.C3H4F2/c1-24-10-5-3-2-4-8(10)19-9-6-11(18-7-23)20-14-12(9)21-15(22-14)13(16)17;1-2-4-5-3-1;4-3(5)1-2-3/h2-7,13H,1H3,(H3,18,19,20,21,22,23);1-4H2;1-2H2. The Hall–Kier alpha value is -2.86. The Bertz CT molecular complexity index is 1080. The van der Waals surface area contributed by atoms with Crippen molar-refractivity contribution >= 4 is 46.5 Å². The van der Waals surface area contributed by atoms with Crippen molar-refractivity contribution in [3.63, 3.8) is 0 Å². The monoisotopic (exact) mass is 499 g/mol. The lowest BCUT2D eigenvalue weighted by atomic mass is 10.2. The number of alkyl halides is 4. The SMILES string of the molecule is C1CCOC1.CSc1ccccc1Nc1cc(NC=O)nc2nc(C(F)F)[nH]c12.FC1(F)CC1. The predicted molar refractivity (Wildman–Crippen MR) is 124 cm³/mol. The molecule has 2 fully saturated rings. The number of nitrogens with zero attached hydrogens (tertiary/aromatic N) is 2. The van der Waals surface area contributed by atoms with Crippen LogP contribution in [-0.2, 0) is 9.53 Å². The van der Waals surface area contributed by atoms with Crippen LogP contribution in [0.1, 0.15) is 37.9 Å². The van der Waals surface area contributed by atoms with Crippen LogP contribution < -0.4 is 10.6 Å². The molecule has 1 aromatic carbocycles. The Morgan fingerprint density at radius 2 is 1.82 bits per heavy atom. The molecule has 3 heterocycles. The smallest absolute Gasteiger partial charge is 0.295 e. The van der Waals surface area contributed by atoms with Gasteiger partial charge in [-0.25, -0.2) is 27.5 Å². The minimum absolute atomic E-state index is 0.0984. The van der Waals surface area contributed by atoms with Crippen LogP contribution in [0, 0.1) is 0 Å². The number of aromatic amines is 1. The molecular weight excluding hydrogens is 474 g/mol. The number of benzene rings is 1. The number of hydrogen-bond donors (Lipinski definition) is 3. The van der Waals surface area contributed by atoms with Crippen molar-refractivity contribution in [2.24, 2.45) is 0 Å². The number of H-pyrrole nitrogens is 1. The van der Waals surface area contributed by atoms with Crippen molar-refractivity contribution in [3.8, 4) is 0 Å². The molecule has 184 valence electrons. The third kappa shape index (κ3) is 7.59. The molecular formula is C22H25F4N5O2S. The Balaban J connectivity index is 0.000000265. The minimum Gasteiger partial charge on any atom is -0.381 e. The highest BCUT2D eigenvalue weighted by atomic mass is 32.2. The molecule has 0 spiro atoms. The number of thioether (sulfide) groups is 1. The van der Waals surface area contributed by atoms with Gasteiger partial charge in [-0.15, -0.1) is 11.8 Å². The maximum Gasteiger partial charge on any atom is 0.295 e. The summed E-state index contributed by atoms with van der Waals surface area (Å²) in [6.07, 6.45) is 2.45. The van der Waals surface area contributed by atoms with Gasteiger partial charge in [0, 0.05) is 37.0 Å². The van der Waals surface area contributed by atoms with E-state index in [0.29, 0.717) is 17.6 Å². The number of amides is 1. The van der Waals surface area contributed by atoms with Crippen LogP contribution in [0.25, 0.3) is 11.2 Å². The van der Waals surface area contributed by atoms with Crippen molar-refractivity contribution in [1.29, 1.82) is 0 Å². The van der Waals surface area contributed by atoms with Gasteiger partial charge in [0.1, 0.15) is 11.3 Å². The summed E-state index contributed by atoms with van der Waals surface area (Å²) in [6, 6.07) is 9.14. The van der Waals surface area contributed by atoms with Gasteiger partial charge in [0.25, 0.3) is 6.43 Å². The number of imidazole rings is 1. The summed E-state index contributed by atoms with van der Waals surface area (Å²) in [4.78, 5) is 22.1. The van der Waals surface area contributed by atoms with Crippen LogP contribution >= 0.6 is 11.8 Å². The fourth-order valence-electron chi connectivity index (χ4n) is 2.84. The van der Waals surface area contributed by atoms with Gasteiger partial charge in [0.15, 0.2) is 11.5 Å². The largest absolute Gasteiger partial charge is 0.381 e. The third-order valence-corrected chi connectivity index (χ3v) is 5.52. The van der Waals surface area contributed by atoms with Gasteiger partial charge >= 0.3 is 0 Å². The molecule has 7 nitrogen and oxygen atoms in total. The zero-order valence-corrected chi connectivity index (χ0v) is 19.2. The van der Waals surface area contributed by atoms with Gasteiger partial charge in [-0.05, 0) is 31.2 Å². The zero-order chi connectivity index (χ0) is 24.6. The van der Waals surface area contributed by atoms with Gasteiger partial charge in [-0.2, -0.15) is 0 Å². The summed E-state index contributed by atoms with van der Waals surface area (Å²) in [6.45, 7) is 2.00. The van der Waals surface area contributed by atoms with E-state index < -0.39 is 18.2 Å². The summed E-state index contributed by atoms with van der Waals surface area (Å²) in [5.41, 5.74) is 1.74. The lowest BCUT2D eigenvalue weighted by Gasteiger charge is -2.12. The molecule has 2 aromatic heterocycles. The van der Waals surface area contributed by atoms with Gasteiger partial charge < -0.3 is 20.4 Å². The molecule has 3 aromatic rings. The second kappa shape index (κ2) is 12.0. The second-order valence-corrected chi connectivity index (χ2v) is 8.29. The van der Waals surface area contributed by atoms with E-state index in [9.17, 15) is 22.4 Å². The van der Waals surface area contributed by atoms with Crippen molar-refractivity contribution in [3.05, 3.63) is 36.2 Å². The summed E-state index contributed by atoms with van der Waals surface area (Å²) in [5.74, 6) is -2.50. The highest BCUT2D eigenvalue weighted by molar-refractivity contribution is 7.98. The van der Waals surface area contributed by atoms with Crippen LogP contribution in [0.5, 0.6) is 0 Å². The predicted octanol–water partition coefficient (Wildman–Crippen LogP) is 6.14. The molecule has 1 amide bonds. The van der Waals surface area contributed by atoms with Crippen molar-refractivity contribution in [1.82, 2.24) is 15.0 Å². The lowest BCUT2D eigenvalue weighted by Crippen LogP contribution is -2.00. The number of rotatable bonds is 6. The molecule has 2 aliphatic rings. The average Bonchev–Trinajstić information content (AvgIpc) is 3.25. The number of halogens is 4. The summed E-state index contributed by atoms with van der Waals surface area (Å²) in [5, 5.41) is 5.60. The number of carbonyl (C=O) groups excluding carboxylic acids is 1. The average molecular weight is 500 g/mol. The molecule has 3 N–H and O–H groups in total. The molecule has 1 saturated carbocycles. The van der Waals surface area contributed by atoms with E-state index in [1.807, 2.05) is 30.5 Å². The molecule has 0 radical (unpaired) electrons. The molecule has 0 bridgehead atoms. The van der Waals surface area contributed by atoms with E-state index in [2.05, 4.69) is 25.6 Å². The Morgan fingerprint density at radius 1 is 1.15 bits per heavy atom. The van der Waals surface area contributed by atoms with Crippen molar-refractivity contribution in [2.75, 3.05) is 30.1 Å². The maximum atomic E-state index is 12.9. The minimum atomic E-state index is -2.74. The highest BCUT2D eigenvalue weighted by Gasteiger charge is 2.43. The first kappa shape index (κ1) is 25.8. The number of carbonyl (C=O) groups is 1. The normalized spacial score (nSPS) is 15.7. The van der Waals surface area contributed by atoms with E-state index >= 15 is 0 Å². The number of para-hydroxylation sites is 1. The number of hydrogen-bond acceptors (Lipinski definition) is 6. The van der Waals surface area contributed by atoms with Gasteiger partial charge in [0.05, 0.1) is 11.4 Å². The number of ether oxygens (including phenoxy) is 1. The summed E-state index contributed by atoms with van der Waals surface area (Å²) in [7, 11) is 0. The van der Waals surface area contributed by atoms with Crippen molar-refractivity contribution in [2.45, 2.75) is 42.9 Å². The van der Waals surface area contributed by atoms with Crippen LogP contribution in [-0.4, -0.2) is 46.8 Å². The Labute approximate surface area is 198 Å². The molecule has 1 aliphatic heterocycles. The second-order valence-electron chi connectivity index (χ2n) is 7.44. The molecule has 0 unspecified atom stereocenters. The van der Waals surface area contributed by atoms with Crippen LogP contribution in [0.4, 0.5) is 34.8 Å². The molecule has 1 aliphatic carbocycles. The number of nitrogens with one attached hydrogen (secondary N) is 3. The number of pyridine rings is 1. The first-order chi connectivity index (χ1) is 16.3. The van der Waals surface area contributed by atoms with Crippen LogP contribution in [0.15, 0.2) is 35.2 Å². The first-order valence-electron chi connectivity index (χ1n) is 10.6. The van der Waals surface area contributed by atoms with E-state index in [-0.39, 0.29) is 24.3 Å². The molecule has 0 atom stereocenters. The van der Waals surface area contributed by atoms with Gasteiger partial charge in [-0.3, -0.25) is 4.79 Å². The first-order valence-corrected chi connectivity index (χ1v) is 11.8. The quantitative estimate of drug-likeness (QED) is 0.214. The fourth-order valence-corrected chi connectivity index (χ4v) is 3.39. The number of aromatic nitrogens is 3. The highest BCUT2D eigenvalue weighted by Crippen LogP contribution is 2.40. The Kier molecular flexibility index (Phi) is 9.11. The summed E-state index contributed by atoms with van der Waals surface area (Å²) < 4.78 is 53.0. The Morgan fingerprint density at radius 3 is 2.35 bits per heavy atom. The van der Waals surface area contributed by atoms with Gasteiger partial charge in [0.2, 0.25) is 12.3 Å². The van der Waals surface area contributed by atoms with Gasteiger partial charge in [-0.1, -0.05) is 12.1 Å². The topological polar surface area (TPSA) is 91.9 Å². The van der Waals surface area contributed by atoms with E-state index in [4.69, 9.17) is 4.74 Å². The van der Waals surface area contributed by atoms with Crippen LogP contribution in [0.2, 0.25) is 0 Å².